The zero-order chi connectivity index (χ0) is 14.1. The van der Waals surface area contributed by atoms with Gasteiger partial charge in [-0.1, -0.05) is 6.07 Å². The van der Waals surface area contributed by atoms with Gasteiger partial charge in [0.1, 0.15) is 11.4 Å². The minimum Gasteiger partial charge on any atom is -0.479 e. The number of amides is 2. The molecule has 20 heavy (non-hydrogen) atoms. The van der Waals surface area contributed by atoms with E-state index < -0.39 is 12.0 Å². The maximum atomic E-state index is 11.9. The molecule has 1 aliphatic heterocycles. The quantitative estimate of drug-likeness (QED) is 0.878. The van der Waals surface area contributed by atoms with Crippen LogP contribution in [0.1, 0.15) is 17.5 Å². The highest BCUT2D eigenvalue weighted by molar-refractivity contribution is 6.08. The van der Waals surface area contributed by atoms with Crippen LogP contribution < -0.4 is 15.4 Å². The molecule has 2 N–H and O–H groups in total. The lowest BCUT2D eigenvalue weighted by Gasteiger charge is -2.25. The predicted molar refractivity (Wildman–Crippen MR) is 71.8 cm³/mol. The number of benzene rings is 1. The number of hydrogen-bond donors (Lipinski definition) is 2. The van der Waals surface area contributed by atoms with Crippen molar-refractivity contribution < 1.29 is 18.7 Å². The third-order valence-electron chi connectivity index (χ3n) is 2.94. The van der Waals surface area contributed by atoms with Crippen molar-refractivity contribution in [2.75, 3.05) is 10.6 Å². The van der Waals surface area contributed by atoms with E-state index in [1.165, 1.54) is 6.26 Å². The Labute approximate surface area is 114 Å². The number of furan rings is 1. The number of fused-ring (bicyclic) bond motifs is 1. The summed E-state index contributed by atoms with van der Waals surface area (Å²) in [5.41, 5.74) is 0.916. The molecule has 1 aliphatic rings. The third-order valence-corrected chi connectivity index (χ3v) is 2.94. The standard InChI is InChI=1S/C14H12N2O4/c1-8-13(17)16-12-9(4-2-5-10(12)20-8)15-14(18)11-6-3-7-19-11/h2-8H,1H3,(H,15,18)(H,16,17). The van der Waals surface area contributed by atoms with Gasteiger partial charge in [0, 0.05) is 0 Å². The van der Waals surface area contributed by atoms with Gasteiger partial charge in [0.15, 0.2) is 11.9 Å². The lowest BCUT2D eigenvalue weighted by Crippen LogP contribution is -2.34. The monoisotopic (exact) mass is 272 g/mol. The van der Waals surface area contributed by atoms with Gasteiger partial charge in [-0.05, 0) is 31.2 Å². The Bertz CT molecular complexity index is 664. The predicted octanol–water partition coefficient (Wildman–Crippen LogP) is 2.25. The van der Waals surface area contributed by atoms with Crippen LogP contribution in [0.25, 0.3) is 0 Å². The largest absolute Gasteiger partial charge is 0.479 e. The van der Waals surface area contributed by atoms with E-state index in [1.54, 1.807) is 37.3 Å². The molecule has 0 fully saturated rings. The summed E-state index contributed by atoms with van der Waals surface area (Å²) in [5, 5.41) is 5.40. The highest BCUT2D eigenvalue weighted by Gasteiger charge is 2.26. The molecular weight excluding hydrogens is 260 g/mol. The molecule has 3 rings (SSSR count). The van der Waals surface area contributed by atoms with Crippen LogP contribution in [-0.4, -0.2) is 17.9 Å². The van der Waals surface area contributed by atoms with Crippen molar-refractivity contribution in [2.24, 2.45) is 0 Å². The number of carbonyl (C=O) groups excluding carboxylic acids is 2. The smallest absolute Gasteiger partial charge is 0.291 e. The van der Waals surface area contributed by atoms with Gasteiger partial charge in [0.25, 0.3) is 11.8 Å². The lowest BCUT2D eigenvalue weighted by molar-refractivity contribution is -0.122. The number of nitrogens with one attached hydrogen (secondary N) is 2. The van der Waals surface area contributed by atoms with Crippen LogP contribution in [0.15, 0.2) is 41.0 Å². The van der Waals surface area contributed by atoms with E-state index in [2.05, 4.69) is 10.6 Å². The Morgan fingerprint density at radius 1 is 1.30 bits per heavy atom. The second kappa shape index (κ2) is 4.73. The van der Waals surface area contributed by atoms with Crippen LogP contribution in [0.3, 0.4) is 0 Å². The third kappa shape index (κ3) is 2.11. The summed E-state index contributed by atoms with van der Waals surface area (Å²) in [4.78, 5) is 23.6. The van der Waals surface area contributed by atoms with E-state index in [9.17, 15) is 9.59 Å². The minimum atomic E-state index is -0.557. The van der Waals surface area contributed by atoms with Crippen LogP contribution in [0, 0.1) is 0 Å². The highest BCUT2D eigenvalue weighted by Crippen LogP contribution is 2.36. The first-order chi connectivity index (χ1) is 9.65. The molecule has 2 amide bonds. The van der Waals surface area contributed by atoms with Gasteiger partial charge in [-0.2, -0.15) is 0 Å². The number of ether oxygens (including phenoxy) is 1. The van der Waals surface area contributed by atoms with E-state index in [4.69, 9.17) is 9.15 Å². The van der Waals surface area contributed by atoms with Gasteiger partial charge in [-0.25, -0.2) is 0 Å². The van der Waals surface area contributed by atoms with Crippen LogP contribution >= 0.6 is 0 Å². The fourth-order valence-corrected chi connectivity index (χ4v) is 1.92. The van der Waals surface area contributed by atoms with Crippen molar-refractivity contribution in [2.45, 2.75) is 13.0 Å². The molecule has 6 heteroatoms. The van der Waals surface area contributed by atoms with Gasteiger partial charge in [0.05, 0.1) is 12.0 Å². The van der Waals surface area contributed by atoms with Gasteiger partial charge in [-0.3, -0.25) is 9.59 Å². The molecular formula is C14H12N2O4. The molecule has 6 nitrogen and oxygen atoms in total. The summed E-state index contributed by atoms with van der Waals surface area (Å²) in [6, 6.07) is 8.33. The zero-order valence-corrected chi connectivity index (χ0v) is 10.7. The zero-order valence-electron chi connectivity index (χ0n) is 10.7. The first kappa shape index (κ1) is 12.3. The van der Waals surface area contributed by atoms with E-state index in [1.807, 2.05) is 0 Å². The van der Waals surface area contributed by atoms with Crippen LogP contribution in [0.4, 0.5) is 11.4 Å². The summed E-state index contributed by atoms with van der Waals surface area (Å²) in [5.74, 6) is 0.0711. The number of para-hydroxylation sites is 1. The van der Waals surface area contributed by atoms with Crippen molar-refractivity contribution >= 4 is 23.2 Å². The molecule has 0 saturated carbocycles. The molecule has 2 heterocycles. The van der Waals surface area contributed by atoms with Crippen molar-refractivity contribution in [1.82, 2.24) is 0 Å². The lowest BCUT2D eigenvalue weighted by atomic mass is 10.2. The van der Waals surface area contributed by atoms with Gasteiger partial charge < -0.3 is 19.8 Å². The molecule has 102 valence electrons. The Balaban J connectivity index is 1.90. The minimum absolute atomic E-state index is 0.194. The van der Waals surface area contributed by atoms with Gasteiger partial charge in [-0.15, -0.1) is 0 Å². The summed E-state index contributed by atoms with van der Waals surface area (Å²) >= 11 is 0. The second-order valence-corrected chi connectivity index (χ2v) is 4.36. The van der Waals surface area contributed by atoms with E-state index in [-0.39, 0.29) is 11.7 Å². The van der Waals surface area contributed by atoms with Gasteiger partial charge in [0.2, 0.25) is 0 Å². The van der Waals surface area contributed by atoms with Crippen molar-refractivity contribution in [3.63, 3.8) is 0 Å². The Morgan fingerprint density at radius 2 is 2.15 bits per heavy atom. The molecule has 1 aromatic carbocycles. The normalized spacial score (nSPS) is 16.9. The topological polar surface area (TPSA) is 80.6 Å². The average molecular weight is 272 g/mol. The fraction of sp³-hybridized carbons (Fsp3) is 0.143. The Kier molecular flexibility index (Phi) is 2.90. The number of anilines is 2. The van der Waals surface area contributed by atoms with Gasteiger partial charge >= 0.3 is 0 Å². The number of hydrogen-bond acceptors (Lipinski definition) is 4. The van der Waals surface area contributed by atoms with Crippen molar-refractivity contribution in [3.05, 3.63) is 42.4 Å². The molecule has 0 aliphatic carbocycles. The number of carbonyl (C=O) groups is 2. The molecule has 0 bridgehead atoms. The first-order valence-corrected chi connectivity index (χ1v) is 6.10. The molecule has 1 aromatic heterocycles. The molecule has 0 spiro atoms. The molecule has 1 unspecified atom stereocenters. The molecule has 0 radical (unpaired) electrons. The average Bonchev–Trinajstić information content (AvgIpc) is 2.95. The van der Waals surface area contributed by atoms with E-state index >= 15 is 0 Å². The van der Waals surface area contributed by atoms with Crippen molar-refractivity contribution in [3.8, 4) is 5.75 Å². The molecule has 1 atom stereocenters. The summed E-state index contributed by atoms with van der Waals surface area (Å²) < 4.78 is 10.5. The van der Waals surface area contributed by atoms with Crippen molar-refractivity contribution in [1.29, 1.82) is 0 Å². The van der Waals surface area contributed by atoms with Crippen LogP contribution in [0.5, 0.6) is 5.75 Å². The van der Waals surface area contributed by atoms with E-state index in [0.29, 0.717) is 17.1 Å². The highest BCUT2D eigenvalue weighted by atomic mass is 16.5. The SMILES string of the molecule is CC1Oc2cccc(NC(=O)c3ccco3)c2NC1=O. The van der Waals surface area contributed by atoms with E-state index in [0.717, 1.165) is 0 Å². The fourth-order valence-electron chi connectivity index (χ4n) is 1.92. The molecule has 0 saturated heterocycles. The Hall–Kier alpha value is -2.76. The molecule has 2 aromatic rings. The maximum absolute atomic E-state index is 11.9. The number of rotatable bonds is 2. The van der Waals surface area contributed by atoms with Crippen LogP contribution in [-0.2, 0) is 4.79 Å². The summed E-state index contributed by atoms with van der Waals surface area (Å²) in [6.45, 7) is 1.66. The summed E-state index contributed by atoms with van der Waals surface area (Å²) in [7, 11) is 0. The maximum Gasteiger partial charge on any atom is 0.291 e. The summed E-state index contributed by atoms with van der Waals surface area (Å²) in [6.07, 6.45) is 0.862. The first-order valence-electron chi connectivity index (χ1n) is 6.10. The Morgan fingerprint density at radius 3 is 2.90 bits per heavy atom. The second-order valence-electron chi connectivity index (χ2n) is 4.36. The van der Waals surface area contributed by atoms with Crippen LogP contribution in [0.2, 0.25) is 0 Å².